The average Bonchev–Trinajstić information content (AvgIpc) is 2.75. The van der Waals surface area contributed by atoms with Gasteiger partial charge in [-0.1, -0.05) is 0 Å². The van der Waals surface area contributed by atoms with Crippen molar-refractivity contribution in [3.8, 4) is 0 Å². The fourth-order valence-corrected chi connectivity index (χ4v) is 3.83. The lowest BCUT2D eigenvalue weighted by Gasteiger charge is -2.34. The first-order valence-corrected chi connectivity index (χ1v) is 10.4. The zero-order valence-electron chi connectivity index (χ0n) is 15.5. The normalized spacial score (nSPS) is 23.9. The van der Waals surface area contributed by atoms with Gasteiger partial charge in [0.05, 0.1) is 29.3 Å². The summed E-state index contributed by atoms with van der Waals surface area (Å²) < 4.78 is 37.0. The lowest BCUT2D eigenvalue weighted by Crippen LogP contribution is -2.48. The molecule has 1 aromatic rings. The maximum atomic E-state index is 11.6. The van der Waals surface area contributed by atoms with E-state index in [4.69, 9.17) is 9.31 Å². The second-order valence-electron chi connectivity index (χ2n) is 7.71. The van der Waals surface area contributed by atoms with Crippen LogP contribution in [0.1, 0.15) is 27.7 Å². The Kier molecular flexibility index (Phi) is 4.64. The van der Waals surface area contributed by atoms with Crippen LogP contribution < -0.4 is 10.4 Å². The van der Waals surface area contributed by atoms with Crippen molar-refractivity contribution in [1.29, 1.82) is 0 Å². The molecule has 0 N–H and O–H groups in total. The van der Waals surface area contributed by atoms with Crippen molar-refractivity contribution in [2.24, 2.45) is 0 Å². The highest BCUT2D eigenvalue weighted by atomic mass is 32.2. The Morgan fingerprint density at radius 3 is 2.12 bits per heavy atom. The monoisotopic (exact) mass is 367 g/mol. The number of sulfonamides is 1. The predicted molar refractivity (Wildman–Crippen MR) is 98.6 cm³/mol. The molecule has 2 aliphatic heterocycles. The lowest BCUT2D eigenvalue weighted by molar-refractivity contribution is 0.00578. The van der Waals surface area contributed by atoms with Crippen LogP contribution in [0.25, 0.3) is 0 Å². The zero-order chi connectivity index (χ0) is 18.5. The summed E-state index contributed by atoms with van der Waals surface area (Å²) in [5.41, 5.74) is 1.05. The molecule has 2 saturated heterocycles. The fraction of sp³-hybridized carbons (Fsp3) is 0.688. The Morgan fingerprint density at radius 2 is 1.60 bits per heavy atom. The van der Waals surface area contributed by atoms with Gasteiger partial charge in [0.15, 0.2) is 0 Å². The third-order valence-corrected chi connectivity index (χ3v) is 6.65. The van der Waals surface area contributed by atoms with Crippen LogP contribution in [0.2, 0.25) is 0 Å². The molecule has 0 atom stereocenters. The topological polar surface area (TPSA) is 72.0 Å². The SMILES string of the molecule is CC1(C)OB(c2cncc(N3CCN(S(C)(=O)=O)CC3)c2)OC1(C)C. The number of anilines is 1. The first kappa shape index (κ1) is 18.6. The summed E-state index contributed by atoms with van der Waals surface area (Å²) in [6.07, 6.45) is 4.81. The molecule has 9 heteroatoms. The van der Waals surface area contributed by atoms with Crippen molar-refractivity contribution in [3.05, 3.63) is 18.5 Å². The molecule has 0 radical (unpaired) electrons. The molecule has 0 aliphatic carbocycles. The van der Waals surface area contributed by atoms with E-state index in [9.17, 15) is 8.42 Å². The minimum absolute atomic E-state index is 0.394. The summed E-state index contributed by atoms with van der Waals surface area (Å²) in [5.74, 6) is 0. The molecule has 0 amide bonds. The van der Waals surface area contributed by atoms with E-state index in [-0.39, 0.29) is 0 Å². The maximum absolute atomic E-state index is 11.6. The highest BCUT2D eigenvalue weighted by Crippen LogP contribution is 2.36. The van der Waals surface area contributed by atoms with Gasteiger partial charge >= 0.3 is 7.12 Å². The van der Waals surface area contributed by atoms with Gasteiger partial charge in [0.2, 0.25) is 10.0 Å². The molecule has 0 saturated carbocycles. The molecule has 0 aromatic carbocycles. The van der Waals surface area contributed by atoms with Crippen LogP contribution in [0.3, 0.4) is 0 Å². The van der Waals surface area contributed by atoms with E-state index in [0.29, 0.717) is 26.2 Å². The Labute approximate surface area is 150 Å². The van der Waals surface area contributed by atoms with Crippen LogP contribution in [0, 0.1) is 0 Å². The molecule has 0 unspecified atom stereocenters. The van der Waals surface area contributed by atoms with Crippen molar-refractivity contribution < 1.29 is 17.7 Å². The number of piperazine rings is 1. The number of hydrogen-bond acceptors (Lipinski definition) is 6. The standard InChI is InChI=1S/C16H26BN3O4S/c1-15(2)16(3,4)24-17(23-15)13-10-14(12-18-11-13)19-6-8-20(9-7-19)25(5,21)22/h10-12H,6-9H2,1-5H3. The molecule has 0 spiro atoms. The minimum Gasteiger partial charge on any atom is -0.399 e. The zero-order valence-corrected chi connectivity index (χ0v) is 16.3. The Bertz CT molecular complexity index is 730. The van der Waals surface area contributed by atoms with E-state index in [1.807, 2.05) is 33.8 Å². The van der Waals surface area contributed by atoms with Crippen LogP contribution in [0.4, 0.5) is 5.69 Å². The van der Waals surface area contributed by atoms with Crippen LogP contribution in [-0.2, 0) is 19.3 Å². The second kappa shape index (κ2) is 6.23. The first-order valence-electron chi connectivity index (χ1n) is 8.50. The maximum Gasteiger partial charge on any atom is 0.496 e. The van der Waals surface area contributed by atoms with Gasteiger partial charge in [0.25, 0.3) is 0 Å². The van der Waals surface area contributed by atoms with E-state index in [2.05, 4.69) is 9.88 Å². The lowest BCUT2D eigenvalue weighted by atomic mass is 9.80. The van der Waals surface area contributed by atoms with E-state index in [1.165, 1.54) is 10.6 Å². The first-order chi connectivity index (χ1) is 11.5. The summed E-state index contributed by atoms with van der Waals surface area (Å²) >= 11 is 0. The Balaban J connectivity index is 1.73. The number of aromatic nitrogens is 1. The van der Waals surface area contributed by atoms with E-state index in [0.717, 1.165) is 11.2 Å². The molecule has 3 heterocycles. The van der Waals surface area contributed by atoms with Crippen molar-refractivity contribution in [1.82, 2.24) is 9.29 Å². The van der Waals surface area contributed by atoms with E-state index in [1.54, 1.807) is 12.4 Å². The molecule has 3 rings (SSSR count). The van der Waals surface area contributed by atoms with Crippen LogP contribution in [0.15, 0.2) is 18.5 Å². The molecule has 7 nitrogen and oxygen atoms in total. The summed E-state index contributed by atoms with van der Waals surface area (Å²) in [6, 6.07) is 2.02. The number of rotatable bonds is 3. The van der Waals surface area contributed by atoms with Crippen molar-refractivity contribution in [3.63, 3.8) is 0 Å². The third kappa shape index (κ3) is 3.69. The highest BCUT2D eigenvalue weighted by molar-refractivity contribution is 7.88. The largest absolute Gasteiger partial charge is 0.496 e. The molecule has 0 bridgehead atoms. The van der Waals surface area contributed by atoms with Crippen molar-refractivity contribution >= 4 is 28.3 Å². The summed E-state index contributed by atoms with van der Waals surface area (Å²) in [5, 5.41) is 0. The smallest absolute Gasteiger partial charge is 0.399 e. The quantitative estimate of drug-likeness (QED) is 0.723. The van der Waals surface area contributed by atoms with E-state index >= 15 is 0 Å². The number of hydrogen-bond donors (Lipinski definition) is 0. The van der Waals surface area contributed by atoms with Crippen molar-refractivity contribution in [2.45, 2.75) is 38.9 Å². The molecular formula is C16H26BN3O4S. The predicted octanol–water partition coefficient (Wildman–Crippen LogP) is 0.462. The van der Waals surface area contributed by atoms with Crippen LogP contribution in [-0.4, -0.2) is 68.5 Å². The molecular weight excluding hydrogens is 341 g/mol. The van der Waals surface area contributed by atoms with Crippen LogP contribution in [0.5, 0.6) is 0 Å². The second-order valence-corrected chi connectivity index (χ2v) is 9.70. The van der Waals surface area contributed by atoms with Gasteiger partial charge < -0.3 is 14.2 Å². The molecule has 2 aliphatic rings. The molecule has 2 fully saturated rings. The number of pyridine rings is 1. The summed E-state index contributed by atoms with van der Waals surface area (Å²) in [4.78, 5) is 6.48. The van der Waals surface area contributed by atoms with Gasteiger partial charge in [-0.2, -0.15) is 4.31 Å². The van der Waals surface area contributed by atoms with Gasteiger partial charge in [-0.3, -0.25) is 4.98 Å². The van der Waals surface area contributed by atoms with Gasteiger partial charge in [0, 0.05) is 37.8 Å². The van der Waals surface area contributed by atoms with Gasteiger partial charge in [0.1, 0.15) is 0 Å². The van der Waals surface area contributed by atoms with Crippen LogP contribution >= 0.6 is 0 Å². The van der Waals surface area contributed by atoms with Crippen molar-refractivity contribution in [2.75, 3.05) is 37.3 Å². The highest BCUT2D eigenvalue weighted by Gasteiger charge is 2.51. The molecule has 138 valence electrons. The van der Waals surface area contributed by atoms with Gasteiger partial charge in [-0.15, -0.1) is 0 Å². The van der Waals surface area contributed by atoms with Gasteiger partial charge in [-0.05, 0) is 33.8 Å². The Hall–Kier alpha value is -1.16. The third-order valence-electron chi connectivity index (χ3n) is 5.34. The minimum atomic E-state index is -3.13. The summed E-state index contributed by atoms with van der Waals surface area (Å²) in [6.45, 7) is 10.3. The molecule has 1 aromatic heterocycles. The molecule has 25 heavy (non-hydrogen) atoms. The summed E-state index contributed by atoms with van der Waals surface area (Å²) in [7, 11) is -3.58. The average molecular weight is 367 g/mol. The number of nitrogens with zero attached hydrogens (tertiary/aromatic N) is 3. The Morgan fingerprint density at radius 1 is 1.04 bits per heavy atom. The van der Waals surface area contributed by atoms with E-state index < -0.39 is 28.3 Å². The fourth-order valence-electron chi connectivity index (χ4n) is 3.00. The van der Waals surface area contributed by atoms with Gasteiger partial charge in [-0.25, -0.2) is 8.42 Å².